The van der Waals surface area contributed by atoms with Crippen molar-refractivity contribution in [3.05, 3.63) is 29.3 Å². The van der Waals surface area contributed by atoms with Gasteiger partial charge in [0.2, 0.25) is 11.8 Å². The zero-order valence-electron chi connectivity index (χ0n) is 15.7. The Hall–Kier alpha value is -0.540. The molecule has 27 heavy (non-hydrogen) atoms. The van der Waals surface area contributed by atoms with Gasteiger partial charge in [0.05, 0.1) is 5.75 Å². The molecule has 1 fully saturated rings. The van der Waals surface area contributed by atoms with E-state index in [1.807, 2.05) is 47.6 Å². The first-order valence-electron chi connectivity index (χ1n) is 8.86. The number of hydrogen-bond donors (Lipinski definition) is 1. The molecule has 1 aliphatic rings. The summed E-state index contributed by atoms with van der Waals surface area (Å²) in [7, 11) is 7.39. The Morgan fingerprint density at radius 2 is 1.89 bits per heavy atom. The van der Waals surface area contributed by atoms with Crippen molar-refractivity contribution in [1.82, 2.24) is 14.5 Å². The molecule has 2 amide bonds. The number of likely N-dealkylation sites (tertiary alicyclic amines) is 1. The lowest BCUT2D eigenvalue weighted by molar-refractivity contribution is -0.133. The first-order valence-corrected chi connectivity index (χ1v) is 12.5. The van der Waals surface area contributed by atoms with E-state index in [1.54, 1.807) is 21.8 Å². The molecular weight excluding hydrogens is 422 g/mol. The molecule has 0 atom stereocenters. The van der Waals surface area contributed by atoms with Gasteiger partial charge in [0.1, 0.15) is 0 Å². The third-order valence-corrected chi connectivity index (χ3v) is 7.81. The predicted molar refractivity (Wildman–Crippen MR) is 118 cm³/mol. The molecule has 1 aliphatic heterocycles. The Kier molecular flexibility index (Phi) is 10.2. The third-order valence-electron chi connectivity index (χ3n) is 4.08. The predicted octanol–water partition coefficient (Wildman–Crippen LogP) is 3.64. The van der Waals surface area contributed by atoms with E-state index in [-0.39, 0.29) is 17.7 Å². The molecule has 1 aromatic rings. The summed E-state index contributed by atoms with van der Waals surface area (Å²) in [5.41, 5.74) is 0. The second kappa shape index (κ2) is 12.1. The number of nitrogens with one attached hydrogen (secondary N) is 1. The monoisotopic (exact) mass is 447 g/mol. The van der Waals surface area contributed by atoms with Crippen molar-refractivity contribution in [3.8, 4) is 0 Å². The van der Waals surface area contributed by atoms with E-state index in [0.717, 1.165) is 23.5 Å². The summed E-state index contributed by atoms with van der Waals surface area (Å²) < 4.78 is 2.03. The number of halogens is 1. The minimum atomic E-state index is 0.0180. The summed E-state index contributed by atoms with van der Waals surface area (Å²) in [6, 6.07) is 7.50. The van der Waals surface area contributed by atoms with Gasteiger partial charge < -0.3 is 10.2 Å². The zero-order chi connectivity index (χ0) is 19.6. The van der Waals surface area contributed by atoms with Crippen LogP contribution < -0.4 is 5.32 Å². The normalized spacial score (nSPS) is 15.2. The van der Waals surface area contributed by atoms with Crippen LogP contribution in [0.4, 0.5) is 0 Å². The number of carbonyl (C=O) groups is 2. The van der Waals surface area contributed by atoms with E-state index < -0.39 is 0 Å². The van der Waals surface area contributed by atoms with Gasteiger partial charge in [-0.05, 0) is 62.2 Å². The van der Waals surface area contributed by atoms with Crippen molar-refractivity contribution >= 4 is 57.0 Å². The minimum absolute atomic E-state index is 0.0180. The van der Waals surface area contributed by atoms with Crippen LogP contribution in [0.1, 0.15) is 12.8 Å². The molecule has 0 aromatic heterocycles. The number of carbonyl (C=O) groups excluding carboxylic acids is 2. The highest BCUT2D eigenvalue weighted by Crippen LogP contribution is 2.23. The third kappa shape index (κ3) is 8.56. The van der Waals surface area contributed by atoms with E-state index in [2.05, 4.69) is 5.32 Å². The molecule has 9 heteroatoms. The number of amides is 2. The first-order chi connectivity index (χ1) is 13.0. The second-order valence-corrected chi connectivity index (χ2v) is 10.6. The SMILES string of the molecule is CN(C)SSCCNC(=O)C1CCN(C(=O)CSc2ccc(Cl)cc2)CC1. The average Bonchev–Trinajstić information content (AvgIpc) is 2.66. The molecule has 0 aliphatic carbocycles. The van der Waals surface area contributed by atoms with Crippen molar-refractivity contribution in [3.63, 3.8) is 0 Å². The smallest absolute Gasteiger partial charge is 0.232 e. The van der Waals surface area contributed by atoms with Gasteiger partial charge >= 0.3 is 0 Å². The minimum Gasteiger partial charge on any atom is -0.355 e. The molecule has 1 N–H and O–H groups in total. The van der Waals surface area contributed by atoms with Gasteiger partial charge in [0.25, 0.3) is 0 Å². The number of rotatable bonds is 9. The molecule has 1 heterocycles. The maximum atomic E-state index is 12.4. The van der Waals surface area contributed by atoms with Crippen LogP contribution in [0.25, 0.3) is 0 Å². The fourth-order valence-electron chi connectivity index (χ4n) is 2.66. The molecule has 1 aromatic carbocycles. The Labute approximate surface area is 178 Å². The Balaban J connectivity index is 1.63. The lowest BCUT2D eigenvalue weighted by atomic mass is 9.96. The van der Waals surface area contributed by atoms with Crippen LogP contribution in [0.15, 0.2) is 29.2 Å². The van der Waals surface area contributed by atoms with Crippen molar-refractivity contribution in [1.29, 1.82) is 0 Å². The molecule has 0 spiro atoms. The molecule has 0 bridgehead atoms. The molecule has 0 saturated carbocycles. The van der Waals surface area contributed by atoms with Gasteiger partial charge in [-0.3, -0.25) is 9.59 Å². The summed E-state index contributed by atoms with van der Waals surface area (Å²) in [5.74, 6) is 1.57. The van der Waals surface area contributed by atoms with Crippen LogP contribution in [-0.4, -0.2) is 66.3 Å². The molecule has 150 valence electrons. The summed E-state index contributed by atoms with van der Waals surface area (Å²) in [6.07, 6.45) is 1.48. The average molecular weight is 448 g/mol. The number of benzene rings is 1. The van der Waals surface area contributed by atoms with Crippen LogP contribution >= 0.6 is 45.1 Å². The highest BCUT2D eigenvalue weighted by molar-refractivity contribution is 8.75. The number of nitrogens with zero attached hydrogens (tertiary/aromatic N) is 2. The second-order valence-electron chi connectivity index (χ2n) is 6.40. The standard InChI is InChI=1S/C18H26ClN3O2S3/c1-21(2)27-26-12-9-20-18(24)14-7-10-22(11-8-14)17(23)13-25-16-5-3-15(19)4-6-16/h3-6,14H,7-13H2,1-2H3,(H,20,24). The van der Waals surface area contributed by atoms with Gasteiger partial charge in [-0.1, -0.05) is 22.4 Å². The Morgan fingerprint density at radius 1 is 1.22 bits per heavy atom. The summed E-state index contributed by atoms with van der Waals surface area (Å²) in [6.45, 7) is 1.99. The number of thioether (sulfide) groups is 1. The van der Waals surface area contributed by atoms with E-state index in [1.165, 1.54) is 11.8 Å². The number of hydrogen-bond acceptors (Lipinski definition) is 6. The topological polar surface area (TPSA) is 52.7 Å². The summed E-state index contributed by atoms with van der Waals surface area (Å²) in [4.78, 5) is 27.5. The van der Waals surface area contributed by atoms with Gasteiger partial charge in [-0.25, -0.2) is 4.31 Å². The van der Waals surface area contributed by atoms with Crippen LogP contribution in [0, 0.1) is 5.92 Å². The van der Waals surface area contributed by atoms with Crippen molar-refractivity contribution < 1.29 is 9.59 Å². The zero-order valence-corrected chi connectivity index (χ0v) is 18.9. The van der Waals surface area contributed by atoms with Crippen molar-refractivity contribution in [2.24, 2.45) is 5.92 Å². The molecule has 0 radical (unpaired) electrons. The van der Waals surface area contributed by atoms with E-state index >= 15 is 0 Å². The molecule has 1 saturated heterocycles. The lowest BCUT2D eigenvalue weighted by Crippen LogP contribution is -2.44. The van der Waals surface area contributed by atoms with Gasteiger partial charge in [0, 0.05) is 41.2 Å². The highest BCUT2D eigenvalue weighted by atomic mass is 35.5. The fraction of sp³-hybridized carbons (Fsp3) is 0.556. The van der Waals surface area contributed by atoms with E-state index in [4.69, 9.17) is 11.6 Å². The summed E-state index contributed by atoms with van der Waals surface area (Å²) in [5, 5.41) is 3.71. The van der Waals surface area contributed by atoms with E-state index in [0.29, 0.717) is 30.4 Å². The fourth-order valence-corrected chi connectivity index (χ4v) is 5.17. The van der Waals surface area contributed by atoms with E-state index in [9.17, 15) is 9.59 Å². The maximum absolute atomic E-state index is 12.4. The van der Waals surface area contributed by atoms with Crippen LogP contribution in [-0.2, 0) is 9.59 Å². The summed E-state index contributed by atoms with van der Waals surface area (Å²) >= 11 is 7.39. The molecular formula is C18H26ClN3O2S3. The van der Waals surface area contributed by atoms with Crippen LogP contribution in [0.2, 0.25) is 5.02 Å². The Bertz CT molecular complexity index is 608. The molecule has 2 rings (SSSR count). The van der Waals surface area contributed by atoms with Gasteiger partial charge in [-0.2, -0.15) is 0 Å². The van der Waals surface area contributed by atoms with Crippen molar-refractivity contribution in [2.45, 2.75) is 17.7 Å². The maximum Gasteiger partial charge on any atom is 0.232 e. The first kappa shape index (κ1) is 22.7. The van der Waals surface area contributed by atoms with Gasteiger partial charge in [0.15, 0.2) is 0 Å². The van der Waals surface area contributed by atoms with Crippen LogP contribution in [0.5, 0.6) is 0 Å². The quantitative estimate of drug-likeness (QED) is 0.270. The lowest BCUT2D eigenvalue weighted by Gasteiger charge is -2.31. The number of piperidine rings is 1. The van der Waals surface area contributed by atoms with Crippen molar-refractivity contribution in [2.75, 3.05) is 45.2 Å². The van der Waals surface area contributed by atoms with Gasteiger partial charge in [-0.15, -0.1) is 11.8 Å². The molecule has 0 unspecified atom stereocenters. The molecule has 5 nitrogen and oxygen atoms in total. The van der Waals surface area contributed by atoms with Crippen LogP contribution in [0.3, 0.4) is 0 Å². The Morgan fingerprint density at radius 3 is 2.52 bits per heavy atom. The highest BCUT2D eigenvalue weighted by Gasteiger charge is 2.27. The largest absolute Gasteiger partial charge is 0.355 e.